The van der Waals surface area contributed by atoms with Crippen molar-refractivity contribution in [2.75, 3.05) is 19.4 Å². The molecule has 0 radical (unpaired) electrons. The Morgan fingerprint density at radius 1 is 1.28 bits per heavy atom. The first kappa shape index (κ1) is 15.6. The van der Waals surface area contributed by atoms with E-state index in [1.165, 1.54) is 5.56 Å². The molecule has 0 bridgehead atoms. The third kappa shape index (κ3) is 2.83. The number of rotatable bonds is 2. The van der Waals surface area contributed by atoms with Gasteiger partial charge in [0, 0.05) is 36.3 Å². The summed E-state index contributed by atoms with van der Waals surface area (Å²) in [6.45, 7) is 0.551. The average molecular weight is 352 g/mol. The van der Waals surface area contributed by atoms with Crippen LogP contribution in [0.5, 0.6) is 5.75 Å². The Labute approximate surface area is 148 Å². The molecule has 0 fully saturated rings. The molecule has 1 aliphatic rings. The van der Waals surface area contributed by atoms with E-state index in [0.717, 1.165) is 27.4 Å². The van der Waals surface area contributed by atoms with Gasteiger partial charge in [0.25, 0.3) is 5.91 Å². The molecule has 0 saturated heterocycles. The van der Waals surface area contributed by atoms with E-state index in [1.54, 1.807) is 42.9 Å². The van der Waals surface area contributed by atoms with Crippen molar-refractivity contribution in [3.63, 3.8) is 0 Å². The second kappa shape index (κ2) is 6.18. The van der Waals surface area contributed by atoms with E-state index in [4.69, 9.17) is 10.5 Å². The minimum atomic E-state index is -0.178. The quantitative estimate of drug-likeness (QED) is 0.740. The van der Waals surface area contributed by atoms with Crippen LogP contribution in [-0.2, 0) is 6.42 Å². The van der Waals surface area contributed by atoms with Gasteiger partial charge in [0.05, 0.1) is 17.0 Å². The molecule has 3 aromatic heterocycles. The zero-order valence-corrected chi connectivity index (χ0v) is 14.4. The summed E-state index contributed by atoms with van der Waals surface area (Å²) < 4.78 is 5.82. The number of fused-ring (bicyclic) bond motifs is 3. The summed E-state index contributed by atoms with van der Waals surface area (Å²) in [5.41, 5.74) is 9.15. The summed E-state index contributed by atoms with van der Waals surface area (Å²) in [7, 11) is 1.60. The molecule has 1 amide bonds. The van der Waals surface area contributed by atoms with Crippen molar-refractivity contribution >= 4 is 23.1 Å². The molecule has 3 N–H and O–H groups in total. The number of nitrogens with one attached hydrogen (secondary N) is 1. The molecule has 0 saturated carbocycles. The monoisotopic (exact) mass is 352 g/mol. The maximum atomic E-state index is 11.8. The normalized spacial score (nSPS) is 12.5. The van der Waals surface area contributed by atoms with Crippen LogP contribution in [0.15, 0.2) is 36.7 Å². The predicted octanol–water partition coefficient (Wildman–Crippen LogP) is 2.75. The lowest BCUT2D eigenvalue weighted by Gasteiger charge is -2.08. The number of amides is 1. The third-order valence-electron chi connectivity index (χ3n) is 4.07. The Hall–Kier alpha value is -2.93. The second-order valence-electron chi connectivity index (χ2n) is 5.69. The van der Waals surface area contributed by atoms with E-state index in [-0.39, 0.29) is 5.91 Å². The highest BCUT2D eigenvalue weighted by atomic mass is 32.1. The van der Waals surface area contributed by atoms with Crippen LogP contribution in [-0.4, -0.2) is 29.5 Å². The molecule has 0 aliphatic carbocycles. The number of anilines is 1. The number of hydrogen-bond donors (Lipinski definition) is 2. The van der Waals surface area contributed by atoms with Gasteiger partial charge >= 0.3 is 0 Å². The van der Waals surface area contributed by atoms with Gasteiger partial charge in [-0.3, -0.25) is 9.78 Å². The SMILES string of the molecule is CNC(=O)c1cnc2c(c1)OCCc1cc(-c3ccc(N)nc3)sc1-2. The molecule has 4 rings (SSSR count). The Balaban J connectivity index is 1.79. The van der Waals surface area contributed by atoms with Crippen LogP contribution in [0.2, 0.25) is 0 Å². The maximum Gasteiger partial charge on any atom is 0.252 e. The van der Waals surface area contributed by atoms with Gasteiger partial charge in [0.15, 0.2) is 0 Å². The summed E-state index contributed by atoms with van der Waals surface area (Å²) in [6.07, 6.45) is 4.15. The Bertz CT molecular complexity index is 950. The molecule has 3 aromatic rings. The van der Waals surface area contributed by atoms with E-state index >= 15 is 0 Å². The number of nitrogens with two attached hydrogens (primary N) is 1. The van der Waals surface area contributed by atoms with Gasteiger partial charge in [-0.15, -0.1) is 11.3 Å². The number of carbonyl (C=O) groups is 1. The van der Waals surface area contributed by atoms with Gasteiger partial charge < -0.3 is 15.8 Å². The minimum absolute atomic E-state index is 0.178. The molecule has 0 spiro atoms. The fraction of sp³-hybridized carbons (Fsp3) is 0.167. The number of carbonyl (C=O) groups excluding carboxylic acids is 1. The van der Waals surface area contributed by atoms with E-state index in [1.807, 2.05) is 6.07 Å². The van der Waals surface area contributed by atoms with Crippen LogP contribution in [0, 0.1) is 0 Å². The highest BCUT2D eigenvalue weighted by Gasteiger charge is 2.22. The second-order valence-corrected chi connectivity index (χ2v) is 6.74. The largest absolute Gasteiger partial charge is 0.491 e. The first-order chi connectivity index (χ1) is 12.2. The average Bonchev–Trinajstić information content (AvgIpc) is 2.98. The van der Waals surface area contributed by atoms with Gasteiger partial charge in [-0.1, -0.05) is 0 Å². The highest BCUT2D eigenvalue weighted by molar-refractivity contribution is 7.19. The van der Waals surface area contributed by atoms with Crippen molar-refractivity contribution in [2.24, 2.45) is 0 Å². The lowest BCUT2D eigenvalue weighted by molar-refractivity contribution is 0.0962. The fourth-order valence-corrected chi connectivity index (χ4v) is 3.97. The van der Waals surface area contributed by atoms with Crippen LogP contribution >= 0.6 is 11.3 Å². The van der Waals surface area contributed by atoms with Gasteiger partial charge in [-0.2, -0.15) is 0 Å². The smallest absolute Gasteiger partial charge is 0.252 e. The number of aromatic nitrogens is 2. The lowest BCUT2D eigenvalue weighted by Crippen LogP contribution is -2.18. The van der Waals surface area contributed by atoms with Crippen LogP contribution in [0.1, 0.15) is 15.9 Å². The van der Waals surface area contributed by atoms with Crippen LogP contribution in [0.4, 0.5) is 5.82 Å². The molecule has 6 nitrogen and oxygen atoms in total. The molecular formula is C18H16N4O2S. The van der Waals surface area contributed by atoms with E-state index in [9.17, 15) is 4.79 Å². The van der Waals surface area contributed by atoms with E-state index in [0.29, 0.717) is 23.7 Å². The molecule has 1 aliphatic heterocycles. The number of ether oxygens (including phenoxy) is 1. The molecule has 7 heteroatoms. The first-order valence-corrected chi connectivity index (χ1v) is 8.67. The molecular weight excluding hydrogens is 336 g/mol. The van der Waals surface area contributed by atoms with Crippen molar-refractivity contribution in [3.05, 3.63) is 47.8 Å². The molecule has 0 atom stereocenters. The van der Waals surface area contributed by atoms with E-state index < -0.39 is 0 Å². The zero-order valence-electron chi connectivity index (χ0n) is 13.6. The molecule has 126 valence electrons. The molecule has 0 aromatic carbocycles. The van der Waals surface area contributed by atoms with Crippen LogP contribution < -0.4 is 15.8 Å². The van der Waals surface area contributed by atoms with Crippen molar-refractivity contribution in [3.8, 4) is 26.8 Å². The lowest BCUT2D eigenvalue weighted by atomic mass is 10.1. The van der Waals surface area contributed by atoms with Crippen molar-refractivity contribution in [2.45, 2.75) is 6.42 Å². The first-order valence-electron chi connectivity index (χ1n) is 7.85. The maximum absolute atomic E-state index is 11.8. The topological polar surface area (TPSA) is 90.1 Å². The van der Waals surface area contributed by atoms with Crippen molar-refractivity contribution in [1.82, 2.24) is 15.3 Å². The number of hydrogen-bond acceptors (Lipinski definition) is 6. The number of nitrogen functional groups attached to an aromatic ring is 1. The van der Waals surface area contributed by atoms with Gasteiger partial charge in [0.2, 0.25) is 0 Å². The summed E-state index contributed by atoms with van der Waals surface area (Å²) in [4.78, 5) is 22.7. The molecule has 25 heavy (non-hydrogen) atoms. The molecule has 4 heterocycles. The third-order valence-corrected chi connectivity index (χ3v) is 5.30. The summed E-state index contributed by atoms with van der Waals surface area (Å²) in [5.74, 6) is 0.968. The summed E-state index contributed by atoms with van der Waals surface area (Å²) >= 11 is 1.65. The standard InChI is InChI=1S/C18H16N4O2S/c1-20-18(23)12-6-13-16(22-9-12)17-10(4-5-24-13)7-14(25-17)11-2-3-15(19)21-8-11/h2-3,6-9H,4-5H2,1H3,(H2,19,21)(H,20,23). The Morgan fingerprint density at radius 2 is 2.16 bits per heavy atom. The zero-order chi connectivity index (χ0) is 17.4. The fourth-order valence-electron chi connectivity index (χ4n) is 2.77. The summed E-state index contributed by atoms with van der Waals surface area (Å²) in [5, 5.41) is 2.60. The van der Waals surface area contributed by atoms with E-state index in [2.05, 4.69) is 21.4 Å². The Kier molecular flexibility index (Phi) is 3.85. The minimum Gasteiger partial charge on any atom is -0.491 e. The number of thiophene rings is 1. The van der Waals surface area contributed by atoms with Gasteiger partial charge in [0.1, 0.15) is 17.3 Å². The van der Waals surface area contributed by atoms with Crippen LogP contribution in [0.25, 0.3) is 21.0 Å². The van der Waals surface area contributed by atoms with Crippen molar-refractivity contribution < 1.29 is 9.53 Å². The Morgan fingerprint density at radius 3 is 2.92 bits per heavy atom. The highest BCUT2D eigenvalue weighted by Crippen LogP contribution is 2.42. The van der Waals surface area contributed by atoms with Crippen molar-refractivity contribution in [1.29, 1.82) is 0 Å². The number of nitrogens with zero attached hydrogens (tertiary/aromatic N) is 2. The van der Waals surface area contributed by atoms with Gasteiger partial charge in [-0.05, 0) is 29.8 Å². The number of pyridine rings is 2. The van der Waals surface area contributed by atoms with Crippen LogP contribution in [0.3, 0.4) is 0 Å². The summed E-state index contributed by atoms with van der Waals surface area (Å²) in [6, 6.07) is 7.67. The predicted molar refractivity (Wildman–Crippen MR) is 97.8 cm³/mol. The van der Waals surface area contributed by atoms with Gasteiger partial charge in [-0.25, -0.2) is 4.98 Å². The molecule has 0 unspecified atom stereocenters.